The van der Waals surface area contributed by atoms with Gasteiger partial charge in [0, 0.05) is 11.8 Å². The number of terminal acetylenes is 1. The molecule has 1 aromatic carbocycles. The Hall–Kier alpha value is -1.78. The van der Waals surface area contributed by atoms with Gasteiger partial charge in [0.25, 0.3) is 0 Å². The van der Waals surface area contributed by atoms with Crippen LogP contribution in [0.4, 0.5) is 0 Å². The Morgan fingerprint density at radius 2 is 2.12 bits per heavy atom. The number of hydrogen-bond acceptors (Lipinski definition) is 1. The average molecular weight is 210 g/mol. The molecule has 0 bridgehead atoms. The van der Waals surface area contributed by atoms with Crippen LogP contribution >= 0.6 is 0 Å². The second-order valence-electron chi connectivity index (χ2n) is 4.10. The van der Waals surface area contributed by atoms with Gasteiger partial charge in [0.15, 0.2) is 0 Å². The van der Waals surface area contributed by atoms with Crippen LogP contribution in [0.5, 0.6) is 0 Å². The summed E-state index contributed by atoms with van der Waals surface area (Å²) in [6, 6.07) is 7.97. The fourth-order valence-corrected chi connectivity index (χ4v) is 2.17. The van der Waals surface area contributed by atoms with Gasteiger partial charge >= 0.3 is 0 Å². The summed E-state index contributed by atoms with van der Waals surface area (Å²) < 4.78 is 0. The van der Waals surface area contributed by atoms with E-state index in [0.29, 0.717) is 6.42 Å². The molecule has 0 amide bonds. The maximum absolute atomic E-state index is 9.63. The Labute approximate surface area is 96.1 Å². The van der Waals surface area contributed by atoms with Gasteiger partial charge in [-0.05, 0) is 16.7 Å². The van der Waals surface area contributed by atoms with E-state index in [1.165, 1.54) is 0 Å². The number of allylic oxidation sites excluding steroid dienone is 2. The molecule has 1 aliphatic rings. The van der Waals surface area contributed by atoms with Crippen molar-refractivity contribution >= 4 is 5.57 Å². The molecule has 80 valence electrons. The standard InChI is InChI=1S/C15H14O/c1-3-9-15(11-16)10-8-12(2)13-6-4-5-7-14(13)15/h1,4-8,10,16H,2,9,11H2. The first-order valence-electron chi connectivity index (χ1n) is 5.26. The summed E-state index contributed by atoms with van der Waals surface area (Å²) in [5.41, 5.74) is 2.68. The summed E-state index contributed by atoms with van der Waals surface area (Å²) in [5, 5.41) is 9.63. The van der Waals surface area contributed by atoms with Crippen molar-refractivity contribution in [2.45, 2.75) is 11.8 Å². The first-order valence-corrected chi connectivity index (χ1v) is 5.26. The van der Waals surface area contributed by atoms with Crippen LogP contribution in [0, 0.1) is 12.3 Å². The number of rotatable bonds is 2. The molecule has 1 atom stereocenters. The Kier molecular flexibility index (Phi) is 2.68. The third kappa shape index (κ3) is 1.48. The molecule has 0 radical (unpaired) electrons. The molecule has 0 aromatic heterocycles. The minimum absolute atomic E-state index is 0.0258. The van der Waals surface area contributed by atoms with E-state index in [2.05, 4.69) is 12.5 Å². The Morgan fingerprint density at radius 1 is 1.38 bits per heavy atom. The van der Waals surface area contributed by atoms with E-state index in [4.69, 9.17) is 6.42 Å². The van der Waals surface area contributed by atoms with Crippen LogP contribution in [0.1, 0.15) is 17.5 Å². The first kappa shape index (κ1) is 10.7. The molecule has 0 fully saturated rings. The van der Waals surface area contributed by atoms with Crippen LogP contribution in [0.2, 0.25) is 0 Å². The predicted octanol–water partition coefficient (Wildman–Crippen LogP) is 2.52. The van der Waals surface area contributed by atoms with Crippen molar-refractivity contribution in [3.05, 3.63) is 54.1 Å². The fourth-order valence-electron chi connectivity index (χ4n) is 2.17. The summed E-state index contributed by atoms with van der Waals surface area (Å²) in [6.45, 7) is 4.02. The normalized spacial score (nSPS) is 22.6. The summed E-state index contributed by atoms with van der Waals surface area (Å²) in [5.74, 6) is 2.64. The highest BCUT2D eigenvalue weighted by atomic mass is 16.3. The molecule has 2 rings (SSSR count). The van der Waals surface area contributed by atoms with Crippen molar-refractivity contribution in [2.24, 2.45) is 0 Å². The number of hydrogen-bond donors (Lipinski definition) is 1. The minimum atomic E-state index is -0.438. The zero-order chi connectivity index (χ0) is 11.6. The number of fused-ring (bicyclic) bond motifs is 1. The van der Waals surface area contributed by atoms with Gasteiger partial charge in [-0.3, -0.25) is 0 Å². The van der Waals surface area contributed by atoms with Crippen LogP contribution in [-0.2, 0) is 5.41 Å². The molecule has 16 heavy (non-hydrogen) atoms. The largest absolute Gasteiger partial charge is 0.395 e. The van der Waals surface area contributed by atoms with Gasteiger partial charge in [-0.2, -0.15) is 0 Å². The molecule has 0 saturated heterocycles. The summed E-state index contributed by atoms with van der Waals surface area (Å²) in [6.07, 6.45) is 9.81. The lowest BCUT2D eigenvalue weighted by atomic mass is 9.72. The molecule has 1 heteroatoms. The highest BCUT2D eigenvalue weighted by molar-refractivity contribution is 5.78. The molecule has 1 unspecified atom stereocenters. The lowest BCUT2D eigenvalue weighted by molar-refractivity contribution is 0.226. The number of aliphatic hydroxyl groups is 1. The van der Waals surface area contributed by atoms with E-state index in [1.807, 2.05) is 36.4 Å². The molecule has 0 saturated carbocycles. The third-order valence-corrected chi connectivity index (χ3v) is 3.11. The van der Waals surface area contributed by atoms with E-state index >= 15 is 0 Å². The van der Waals surface area contributed by atoms with E-state index in [0.717, 1.165) is 16.7 Å². The summed E-state index contributed by atoms with van der Waals surface area (Å²) in [4.78, 5) is 0. The fraction of sp³-hybridized carbons (Fsp3) is 0.200. The Morgan fingerprint density at radius 3 is 2.81 bits per heavy atom. The van der Waals surface area contributed by atoms with Crippen LogP contribution in [0.3, 0.4) is 0 Å². The molecular formula is C15H14O. The van der Waals surface area contributed by atoms with Gasteiger partial charge in [-0.25, -0.2) is 0 Å². The van der Waals surface area contributed by atoms with Gasteiger partial charge in [0.05, 0.1) is 6.61 Å². The van der Waals surface area contributed by atoms with Gasteiger partial charge < -0.3 is 5.11 Å². The summed E-state index contributed by atoms with van der Waals surface area (Å²) in [7, 11) is 0. The Bertz CT molecular complexity index is 490. The van der Waals surface area contributed by atoms with Gasteiger partial charge in [-0.15, -0.1) is 12.3 Å². The maximum atomic E-state index is 9.63. The van der Waals surface area contributed by atoms with Gasteiger partial charge in [-0.1, -0.05) is 43.0 Å². The van der Waals surface area contributed by atoms with Crippen LogP contribution in [0.25, 0.3) is 5.57 Å². The van der Waals surface area contributed by atoms with E-state index in [9.17, 15) is 5.11 Å². The number of benzene rings is 1. The van der Waals surface area contributed by atoms with Crippen LogP contribution < -0.4 is 0 Å². The second kappa shape index (κ2) is 4.00. The zero-order valence-corrected chi connectivity index (χ0v) is 9.11. The minimum Gasteiger partial charge on any atom is -0.395 e. The van der Waals surface area contributed by atoms with Gasteiger partial charge in [0.2, 0.25) is 0 Å². The molecular weight excluding hydrogens is 196 g/mol. The maximum Gasteiger partial charge on any atom is 0.0572 e. The molecule has 0 heterocycles. The van der Waals surface area contributed by atoms with Crippen molar-refractivity contribution < 1.29 is 5.11 Å². The lowest BCUT2D eigenvalue weighted by Crippen LogP contribution is -2.30. The van der Waals surface area contributed by atoms with Crippen molar-refractivity contribution in [3.63, 3.8) is 0 Å². The molecule has 0 aliphatic heterocycles. The van der Waals surface area contributed by atoms with Crippen molar-refractivity contribution in [3.8, 4) is 12.3 Å². The van der Waals surface area contributed by atoms with Crippen molar-refractivity contribution in [2.75, 3.05) is 6.61 Å². The van der Waals surface area contributed by atoms with E-state index in [-0.39, 0.29) is 6.61 Å². The predicted molar refractivity (Wildman–Crippen MR) is 66.8 cm³/mol. The highest BCUT2D eigenvalue weighted by Crippen LogP contribution is 2.38. The topological polar surface area (TPSA) is 20.2 Å². The molecule has 1 aliphatic carbocycles. The van der Waals surface area contributed by atoms with Crippen LogP contribution in [-0.4, -0.2) is 11.7 Å². The van der Waals surface area contributed by atoms with E-state index < -0.39 is 5.41 Å². The first-order chi connectivity index (χ1) is 7.73. The SMILES string of the molecule is C#CCC1(CO)C=CC(=C)c2ccccc21. The average Bonchev–Trinajstić information content (AvgIpc) is 2.34. The molecule has 1 nitrogen and oxygen atoms in total. The smallest absolute Gasteiger partial charge is 0.0572 e. The van der Waals surface area contributed by atoms with Crippen molar-refractivity contribution in [1.29, 1.82) is 0 Å². The van der Waals surface area contributed by atoms with Crippen molar-refractivity contribution in [1.82, 2.24) is 0 Å². The number of aliphatic hydroxyl groups excluding tert-OH is 1. The third-order valence-electron chi connectivity index (χ3n) is 3.11. The zero-order valence-electron chi connectivity index (χ0n) is 9.11. The highest BCUT2D eigenvalue weighted by Gasteiger charge is 2.32. The summed E-state index contributed by atoms with van der Waals surface area (Å²) >= 11 is 0. The van der Waals surface area contributed by atoms with Gasteiger partial charge in [0.1, 0.15) is 0 Å². The lowest BCUT2D eigenvalue weighted by Gasteiger charge is -2.32. The Balaban J connectivity index is 2.62. The van der Waals surface area contributed by atoms with Crippen LogP contribution in [0.15, 0.2) is 43.0 Å². The molecule has 1 aromatic rings. The molecule has 0 spiro atoms. The molecule has 1 N–H and O–H groups in total. The monoisotopic (exact) mass is 210 g/mol. The quantitative estimate of drug-likeness (QED) is 0.744. The second-order valence-corrected chi connectivity index (χ2v) is 4.10. The van der Waals surface area contributed by atoms with E-state index in [1.54, 1.807) is 0 Å².